The van der Waals surface area contributed by atoms with Crippen LogP contribution >= 0.6 is 0 Å². The van der Waals surface area contributed by atoms with E-state index in [9.17, 15) is 9.90 Å². The normalized spacial score (nSPS) is 12.8. The van der Waals surface area contributed by atoms with Gasteiger partial charge in [-0.3, -0.25) is 9.48 Å². The molecule has 0 spiro atoms. The molecule has 0 saturated carbocycles. The van der Waals surface area contributed by atoms with Crippen LogP contribution in [0.2, 0.25) is 0 Å². The van der Waals surface area contributed by atoms with E-state index in [2.05, 4.69) is 36.5 Å². The zero-order valence-electron chi connectivity index (χ0n) is 15.4. The highest BCUT2D eigenvalue weighted by molar-refractivity contribution is 5.91. The number of hydrogen-bond acceptors (Lipinski definition) is 4. The predicted molar refractivity (Wildman–Crippen MR) is 99.4 cm³/mol. The summed E-state index contributed by atoms with van der Waals surface area (Å²) in [5, 5.41) is 19.8. The Bertz CT molecular complexity index is 689. The Kier molecular flexibility index (Phi) is 6.33. The standard InChI is InChI=1S/C19H28N4O2/c1-19(2,3)16-12-17(23(4)22-16)21-18(25)13-20-15(10-11-24)14-8-6-5-7-9-14/h5-9,12,15,20,24H,10-11,13H2,1-4H3,(H,21,25). The van der Waals surface area contributed by atoms with Gasteiger partial charge in [0.1, 0.15) is 5.82 Å². The van der Waals surface area contributed by atoms with Gasteiger partial charge in [0.05, 0.1) is 12.2 Å². The molecule has 136 valence electrons. The van der Waals surface area contributed by atoms with Crippen molar-refractivity contribution in [3.8, 4) is 0 Å². The van der Waals surface area contributed by atoms with Gasteiger partial charge in [-0.2, -0.15) is 5.10 Å². The largest absolute Gasteiger partial charge is 0.396 e. The number of rotatable bonds is 7. The van der Waals surface area contributed by atoms with Crippen molar-refractivity contribution in [1.82, 2.24) is 15.1 Å². The number of carbonyl (C=O) groups is 1. The minimum atomic E-state index is -0.137. The highest BCUT2D eigenvalue weighted by Crippen LogP contribution is 2.23. The minimum absolute atomic E-state index is 0.0604. The molecular weight excluding hydrogens is 316 g/mol. The quantitative estimate of drug-likeness (QED) is 0.720. The lowest BCUT2D eigenvalue weighted by atomic mass is 9.92. The zero-order chi connectivity index (χ0) is 18.4. The Balaban J connectivity index is 1.97. The monoisotopic (exact) mass is 344 g/mol. The van der Waals surface area contributed by atoms with Gasteiger partial charge in [0.15, 0.2) is 0 Å². The summed E-state index contributed by atoms with van der Waals surface area (Å²) in [6.45, 7) is 6.48. The predicted octanol–water partition coefficient (Wildman–Crippen LogP) is 2.37. The maximum absolute atomic E-state index is 12.3. The third-order valence-electron chi connectivity index (χ3n) is 4.04. The van der Waals surface area contributed by atoms with Crippen LogP contribution in [0.15, 0.2) is 36.4 Å². The number of nitrogens with one attached hydrogen (secondary N) is 2. The number of hydrogen-bond donors (Lipinski definition) is 3. The van der Waals surface area contributed by atoms with Gasteiger partial charge in [0.25, 0.3) is 0 Å². The van der Waals surface area contributed by atoms with Crippen molar-refractivity contribution in [2.24, 2.45) is 7.05 Å². The molecule has 0 aliphatic carbocycles. The molecule has 0 saturated heterocycles. The van der Waals surface area contributed by atoms with Crippen LogP contribution in [0.3, 0.4) is 0 Å². The van der Waals surface area contributed by atoms with Crippen LogP contribution in [-0.2, 0) is 17.3 Å². The summed E-state index contributed by atoms with van der Waals surface area (Å²) >= 11 is 0. The van der Waals surface area contributed by atoms with Crippen molar-refractivity contribution < 1.29 is 9.90 Å². The van der Waals surface area contributed by atoms with Crippen LogP contribution in [0.4, 0.5) is 5.82 Å². The van der Waals surface area contributed by atoms with Gasteiger partial charge < -0.3 is 15.7 Å². The smallest absolute Gasteiger partial charge is 0.239 e. The maximum atomic E-state index is 12.3. The lowest BCUT2D eigenvalue weighted by Gasteiger charge is -2.18. The SMILES string of the molecule is Cn1nc(C(C)(C)C)cc1NC(=O)CNC(CCO)c1ccccc1. The first-order valence-corrected chi connectivity index (χ1v) is 8.55. The minimum Gasteiger partial charge on any atom is -0.396 e. The Morgan fingerprint density at radius 1 is 1.28 bits per heavy atom. The molecule has 2 rings (SSSR count). The molecule has 1 unspecified atom stereocenters. The van der Waals surface area contributed by atoms with Crippen LogP contribution in [0, 0.1) is 0 Å². The van der Waals surface area contributed by atoms with Gasteiger partial charge in [0.2, 0.25) is 5.91 Å². The fourth-order valence-corrected chi connectivity index (χ4v) is 2.55. The summed E-state index contributed by atoms with van der Waals surface area (Å²) in [4.78, 5) is 12.3. The number of amides is 1. The van der Waals surface area contributed by atoms with Crippen LogP contribution in [0.5, 0.6) is 0 Å². The number of aliphatic hydroxyl groups excluding tert-OH is 1. The molecule has 0 aliphatic rings. The summed E-state index contributed by atoms with van der Waals surface area (Å²) in [6.07, 6.45) is 0.553. The maximum Gasteiger partial charge on any atom is 0.239 e. The Morgan fingerprint density at radius 3 is 2.52 bits per heavy atom. The number of anilines is 1. The highest BCUT2D eigenvalue weighted by Gasteiger charge is 2.20. The van der Waals surface area contributed by atoms with E-state index >= 15 is 0 Å². The Hall–Kier alpha value is -2.18. The number of aryl methyl sites for hydroxylation is 1. The molecule has 0 bridgehead atoms. The van der Waals surface area contributed by atoms with E-state index in [1.54, 1.807) is 4.68 Å². The van der Waals surface area contributed by atoms with Gasteiger partial charge in [-0.15, -0.1) is 0 Å². The Labute approximate surface area is 149 Å². The average Bonchev–Trinajstić information content (AvgIpc) is 2.93. The topological polar surface area (TPSA) is 79.2 Å². The van der Waals surface area contributed by atoms with Gasteiger partial charge >= 0.3 is 0 Å². The first kappa shape index (κ1) is 19.1. The first-order valence-electron chi connectivity index (χ1n) is 8.55. The van der Waals surface area contributed by atoms with Crippen molar-refractivity contribution in [2.75, 3.05) is 18.5 Å². The van der Waals surface area contributed by atoms with E-state index in [1.165, 1.54) is 0 Å². The van der Waals surface area contributed by atoms with Gasteiger partial charge in [-0.25, -0.2) is 0 Å². The van der Waals surface area contributed by atoms with Crippen LogP contribution in [0.1, 0.15) is 44.5 Å². The summed E-state index contributed by atoms with van der Waals surface area (Å²) in [5.74, 6) is 0.539. The molecule has 1 amide bonds. The molecule has 25 heavy (non-hydrogen) atoms. The molecule has 6 heteroatoms. The van der Waals surface area contributed by atoms with E-state index in [1.807, 2.05) is 43.4 Å². The van der Waals surface area contributed by atoms with E-state index < -0.39 is 0 Å². The fraction of sp³-hybridized carbons (Fsp3) is 0.474. The first-order chi connectivity index (χ1) is 11.8. The Morgan fingerprint density at radius 2 is 1.96 bits per heavy atom. The number of nitrogens with zero attached hydrogens (tertiary/aromatic N) is 2. The molecule has 1 heterocycles. The van der Waals surface area contributed by atoms with Crippen molar-refractivity contribution in [3.63, 3.8) is 0 Å². The summed E-state index contributed by atoms with van der Waals surface area (Å²) < 4.78 is 1.68. The van der Waals surface area contributed by atoms with Crippen LogP contribution < -0.4 is 10.6 Å². The number of aromatic nitrogens is 2. The van der Waals surface area contributed by atoms with Crippen molar-refractivity contribution in [1.29, 1.82) is 0 Å². The van der Waals surface area contributed by atoms with Crippen molar-refractivity contribution in [3.05, 3.63) is 47.7 Å². The van der Waals surface area contributed by atoms with E-state index in [-0.39, 0.29) is 30.5 Å². The average molecular weight is 344 g/mol. The van der Waals surface area contributed by atoms with E-state index in [0.29, 0.717) is 12.2 Å². The molecule has 6 nitrogen and oxygen atoms in total. The van der Waals surface area contributed by atoms with E-state index in [0.717, 1.165) is 11.3 Å². The number of carbonyl (C=O) groups excluding carboxylic acids is 1. The second-order valence-electron chi connectivity index (χ2n) is 7.19. The van der Waals surface area contributed by atoms with Crippen LogP contribution in [-0.4, -0.2) is 33.9 Å². The van der Waals surface area contributed by atoms with Crippen molar-refractivity contribution >= 4 is 11.7 Å². The molecule has 2 aromatic rings. The number of aliphatic hydroxyl groups is 1. The van der Waals surface area contributed by atoms with Crippen LogP contribution in [0.25, 0.3) is 0 Å². The molecule has 1 aromatic heterocycles. The highest BCUT2D eigenvalue weighted by atomic mass is 16.3. The lowest BCUT2D eigenvalue weighted by molar-refractivity contribution is -0.115. The fourth-order valence-electron chi connectivity index (χ4n) is 2.55. The molecule has 1 aromatic carbocycles. The second-order valence-corrected chi connectivity index (χ2v) is 7.19. The third-order valence-corrected chi connectivity index (χ3v) is 4.04. The van der Waals surface area contributed by atoms with E-state index in [4.69, 9.17) is 0 Å². The molecule has 1 atom stereocenters. The van der Waals surface area contributed by atoms with Crippen molar-refractivity contribution in [2.45, 2.75) is 38.6 Å². The second kappa shape index (κ2) is 8.27. The van der Waals surface area contributed by atoms with Gasteiger partial charge in [-0.05, 0) is 12.0 Å². The zero-order valence-corrected chi connectivity index (χ0v) is 15.4. The lowest BCUT2D eigenvalue weighted by Crippen LogP contribution is -2.32. The number of benzene rings is 1. The summed E-state index contributed by atoms with van der Waals surface area (Å²) in [6, 6.07) is 11.7. The molecule has 0 aliphatic heterocycles. The van der Waals surface area contributed by atoms with Gasteiger partial charge in [-0.1, -0.05) is 51.1 Å². The van der Waals surface area contributed by atoms with Gasteiger partial charge in [0, 0.05) is 31.2 Å². The third kappa shape index (κ3) is 5.41. The summed E-state index contributed by atoms with van der Waals surface area (Å²) in [5.41, 5.74) is 1.92. The molecular formula is C19H28N4O2. The molecule has 0 radical (unpaired) electrons. The molecule has 3 N–H and O–H groups in total. The molecule has 0 fully saturated rings. The summed E-state index contributed by atoms with van der Waals surface area (Å²) in [7, 11) is 1.82.